The minimum absolute atomic E-state index is 0.0454. The molecular formula is C24H19F2N5O5. The third-order valence-corrected chi connectivity index (χ3v) is 5.60. The van der Waals surface area contributed by atoms with E-state index >= 15 is 4.39 Å². The van der Waals surface area contributed by atoms with Crippen molar-refractivity contribution in [3.63, 3.8) is 0 Å². The third kappa shape index (κ3) is 4.45. The summed E-state index contributed by atoms with van der Waals surface area (Å²) < 4.78 is 47.3. The highest BCUT2D eigenvalue weighted by Gasteiger charge is 2.50. The topological polar surface area (TPSA) is 131 Å². The average molecular weight is 495 g/mol. The number of ether oxygens (including phenoxy) is 3. The van der Waals surface area contributed by atoms with Gasteiger partial charge in [-0.15, -0.1) is 0 Å². The number of carbonyl (C=O) groups excluding carboxylic acids is 2. The molecule has 0 spiro atoms. The van der Waals surface area contributed by atoms with Crippen molar-refractivity contribution in [2.75, 3.05) is 12.3 Å². The fourth-order valence-electron chi connectivity index (χ4n) is 3.87. The van der Waals surface area contributed by atoms with Gasteiger partial charge in [-0.25, -0.2) is 19.0 Å². The molecule has 0 radical (unpaired) electrons. The highest BCUT2D eigenvalue weighted by Crippen LogP contribution is 2.36. The van der Waals surface area contributed by atoms with Crippen LogP contribution in [0.5, 0.6) is 0 Å². The molecule has 12 heteroatoms. The summed E-state index contributed by atoms with van der Waals surface area (Å²) in [5.41, 5.74) is 6.11. The van der Waals surface area contributed by atoms with Gasteiger partial charge in [0.15, 0.2) is 35.5 Å². The van der Waals surface area contributed by atoms with Crippen molar-refractivity contribution >= 4 is 28.9 Å². The van der Waals surface area contributed by atoms with Crippen LogP contribution in [0.2, 0.25) is 0 Å². The maximum Gasteiger partial charge on any atom is 0.338 e. The van der Waals surface area contributed by atoms with Gasteiger partial charge in [-0.1, -0.05) is 36.4 Å². The van der Waals surface area contributed by atoms with Crippen LogP contribution in [0.4, 0.5) is 14.6 Å². The lowest BCUT2D eigenvalue weighted by Crippen LogP contribution is -2.37. The summed E-state index contributed by atoms with van der Waals surface area (Å²) in [5, 5.41) is 0. The van der Waals surface area contributed by atoms with Gasteiger partial charge in [-0.05, 0) is 24.3 Å². The summed E-state index contributed by atoms with van der Waals surface area (Å²) >= 11 is 0. The zero-order valence-electron chi connectivity index (χ0n) is 18.5. The predicted octanol–water partition coefficient (Wildman–Crippen LogP) is 2.87. The lowest BCUT2D eigenvalue weighted by atomic mass is 10.1. The first kappa shape index (κ1) is 23.3. The van der Waals surface area contributed by atoms with Gasteiger partial charge in [0.05, 0.1) is 17.5 Å². The molecule has 1 saturated heterocycles. The molecule has 2 aromatic carbocycles. The predicted molar refractivity (Wildman–Crippen MR) is 121 cm³/mol. The third-order valence-electron chi connectivity index (χ3n) is 5.60. The molecule has 0 unspecified atom stereocenters. The minimum atomic E-state index is -1.95. The van der Waals surface area contributed by atoms with Gasteiger partial charge in [0.25, 0.3) is 0 Å². The van der Waals surface area contributed by atoms with Crippen LogP contribution >= 0.6 is 0 Å². The quantitative estimate of drug-likeness (QED) is 0.317. The molecule has 1 aliphatic rings. The van der Waals surface area contributed by atoms with Crippen LogP contribution in [0.3, 0.4) is 0 Å². The van der Waals surface area contributed by atoms with Crippen molar-refractivity contribution in [3.8, 4) is 0 Å². The highest BCUT2D eigenvalue weighted by molar-refractivity contribution is 5.90. The van der Waals surface area contributed by atoms with Crippen molar-refractivity contribution in [2.24, 2.45) is 0 Å². The van der Waals surface area contributed by atoms with Crippen LogP contribution in [0.1, 0.15) is 26.9 Å². The van der Waals surface area contributed by atoms with Crippen molar-refractivity contribution in [1.29, 1.82) is 0 Å². The van der Waals surface area contributed by atoms with E-state index in [0.29, 0.717) is 0 Å². The van der Waals surface area contributed by atoms with Gasteiger partial charge in [0, 0.05) is 0 Å². The summed E-state index contributed by atoms with van der Waals surface area (Å²) in [6.07, 6.45) is -6.00. The Labute approximate surface area is 202 Å². The van der Waals surface area contributed by atoms with Crippen LogP contribution in [0.15, 0.2) is 67.0 Å². The number of benzene rings is 2. The molecule has 2 N–H and O–H groups in total. The number of carbonyl (C=O) groups is 2. The molecule has 1 fully saturated rings. The molecule has 3 heterocycles. The van der Waals surface area contributed by atoms with E-state index in [9.17, 15) is 14.0 Å². The van der Waals surface area contributed by atoms with Crippen LogP contribution < -0.4 is 5.73 Å². The molecule has 0 aliphatic carbocycles. The Hall–Kier alpha value is -4.45. The van der Waals surface area contributed by atoms with Gasteiger partial charge in [0.1, 0.15) is 12.7 Å². The standard InChI is InChI=1S/C24H19F2N5O5/c25-16-18(36-23(33)14-9-5-2-6-10-14)15(11-34-22(32)13-7-3-1-4-8-13)35-21(16)31-12-28-17-19(27)29-24(26)30-20(17)31/h1-10,12,15-16,18,21H,11H2,(H2,27,29,30)/t15-,16+,18-,21-/m1/s1. The Morgan fingerprint density at radius 3 is 2.31 bits per heavy atom. The Bertz CT molecular complexity index is 1400. The average Bonchev–Trinajstić information content (AvgIpc) is 3.44. The molecule has 1 aliphatic heterocycles. The molecular weight excluding hydrogens is 476 g/mol. The lowest BCUT2D eigenvalue weighted by molar-refractivity contribution is -0.0570. The monoisotopic (exact) mass is 495 g/mol. The zero-order chi connectivity index (χ0) is 25.2. The lowest BCUT2D eigenvalue weighted by Gasteiger charge is -2.19. The first-order chi connectivity index (χ1) is 17.4. The number of nitrogens with two attached hydrogens (primary N) is 1. The highest BCUT2D eigenvalue weighted by atomic mass is 19.1. The van der Waals surface area contributed by atoms with Crippen molar-refractivity contribution in [1.82, 2.24) is 19.5 Å². The fraction of sp³-hybridized carbons (Fsp3) is 0.208. The van der Waals surface area contributed by atoms with Gasteiger partial charge in [-0.3, -0.25) is 4.57 Å². The number of aromatic nitrogens is 4. The number of nitrogen functional groups attached to an aromatic ring is 1. The Morgan fingerprint density at radius 1 is 1.00 bits per heavy atom. The SMILES string of the molecule is Nc1nc(F)nc2c1ncn2[C@@H]1O[C@H](COC(=O)c2ccccc2)[C@@H](OC(=O)c2ccccc2)[C@@H]1F. The van der Waals surface area contributed by atoms with E-state index in [0.717, 1.165) is 4.57 Å². The first-order valence-corrected chi connectivity index (χ1v) is 10.9. The summed E-state index contributed by atoms with van der Waals surface area (Å²) in [6, 6.07) is 16.2. The Kier molecular flexibility index (Phi) is 6.25. The van der Waals surface area contributed by atoms with Crippen LogP contribution in [0, 0.1) is 6.08 Å². The molecule has 10 nitrogen and oxygen atoms in total. The van der Waals surface area contributed by atoms with Gasteiger partial charge >= 0.3 is 18.0 Å². The summed E-state index contributed by atoms with van der Waals surface area (Å²) in [4.78, 5) is 36.2. The number of fused-ring (bicyclic) bond motifs is 1. The van der Waals surface area contributed by atoms with Crippen molar-refractivity contribution in [2.45, 2.75) is 24.6 Å². The molecule has 2 aromatic heterocycles. The number of alkyl halides is 1. The van der Waals surface area contributed by atoms with Crippen LogP contribution in [-0.2, 0) is 14.2 Å². The van der Waals surface area contributed by atoms with Crippen molar-refractivity contribution in [3.05, 3.63) is 84.2 Å². The molecule has 5 rings (SSSR count). The molecule has 4 aromatic rings. The van der Waals surface area contributed by atoms with E-state index in [1.807, 2.05) is 0 Å². The van der Waals surface area contributed by atoms with Gasteiger partial charge in [0.2, 0.25) is 0 Å². The molecule has 0 bridgehead atoms. The number of hydrogen-bond donors (Lipinski definition) is 1. The summed E-state index contributed by atoms with van der Waals surface area (Å²) in [7, 11) is 0. The minimum Gasteiger partial charge on any atom is -0.459 e. The maximum absolute atomic E-state index is 15.8. The summed E-state index contributed by atoms with van der Waals surface area (Å²) in [6.45, 7) is -0.421. The second kappa shape index (κ2) is 9.66. The number of rotatable bonds is 6. The van der Waals surface area contributed by atoms with Gasteiger partial charge in [-0.2, -0.15) is 14.4 Å². The molecule has 36 heavy (non-hydrogen) atoms. The Balaban J connectivity index is 1.42. The number of nitrogens with zero attached hydrogens (tertiary/aromatic N) is 4. The molecule has 184 valence electrons. The molecule has 0 saturated carbocycles. The normalized spacial score (nSPS) is 21.4. The fourth-order valence-corrected chi connectivity index (χ4v) is 3.87. The van der Waals surface area contributed by atoms with E-state index in [4.69, 9.17) is 19.9 Å². The van der Waals surface area contributed by atoms with E-state index in [1.165, 1.54) is 18.5 Å². The van der Waals surface area contributed by atoms with E-state index in [1.54, 1.807) is 48.5 Å². The second-order valence-electron chi connectivity index (χ2n) is 7.91. The van der Waals surface area contributed by atoms with Crippen LogP contribution in [-0.4, -0.2) is 56.4 Å². The molecule has 4 atom stereocenters. The molecule has 0 amide bonds. The number of esters is 2. The number of anilines is 1. The largest absolute Gasteiger partial charge is 0.459 e. The number of imidazole rings is 1. The first-order valence-electron chi connectivity index (χ1n) is 10.9. The second-order valence-corrected chi connectivity index (χ2v) is 7.91. The maximum atomic E-state index is 15.8. The van der Waals surface area contributed by atoms with E-state index < -0.39 is 49.2 Å². The van der Waals surface area contributed by atoms with E-state index in [-0.39, 0.29) is 28.1 Å². The number of hydrogen-bond acceptors (Lipinski definition) is 9. The van der Waals surface area contributed by atoms with E-state index in [2.05, 4.69) is 15.0 Å². The van der Waals surface area contributed by atoms with Gasteiger partial charge < -0.3 is 19.9 Å². The smallest absolute Gasteiger partial charge is 0.338 e. The Morgan fingerprint density at radius 2 is 1.64 bits per heavy atom. The van der Waals surface area contributed by atoms with Crippen molar-refractivity contribution < 1.29 is 32.6 Å². The number of halogens is 2. The zero-order valence-corrected chi connectivity index (χ0v) is 18.5. The van der Waals surface area contributed by atoms with Crippen LogP contribution in [0.25, 0.3) is 11.2 Å². The summed E-state index contributed by atoms with van der Waals surface area (Å²) in [5.74, 6) is -1.69.